The molecule has 1 saturated heterocycles. The van der Waals surface area contributed by atoms with Crippen LogP contribution in [-0.4, -0.2) is 63.2 Å². The van der Waals surface area contributed by atoms with Gasteiger partial charge in [-0.15, -0.1) is 0 Å². The Hall–Kier alpha value is -1.47. The Labute approximate surface area is 130 Å². The predicted molar refractivity (Wildman–Crippen MR) is 79.1 cm³/mol. The molecule has 2 aliphatic rings. The van der Waals surface area contributed by atoms with E-state index in [1.807, 2.05) is 7.05 Å². The number of aliphatic hydroxyl groups is 1. The number of nitrogens with zero attached hydrogens (tertiary/aromatic N) is 4. The summed E-state index contributed by atoms with van der Waals surface area (Å²) in [6.45, 7) is 5.24. The number of carbonyl (C=O) groups is 1. The van der Waals surface area contributed by atoms with Crippen LogP contribution >= 0.6 is 0 Å². The third kappa shape index (κ3) is 3.47. The fourth-order valence-electron chi connectivity index (χ4n) is 2.74. The van der Waals surface area contributed by atoms with Crippen LogP contribution in [0.25, 0.3) is 0 Å². The topological polar surface area (TPSA) is 82.7 Å². The lowest BCUT2D eigenvalue weighted by atomic mass is 10.0. The minimum Gasteiger partial charge on any atom is -0.390 e. The van der Waals surface area contributed by atoms with Crippen molar-refractivity contribution in [3.63, 3.8) is 0 Å². The molecule has 7 heteroatoms. The molecule has 1 aromatic heterocycles. The SMILES string of the molecule is CN1CCN(C(=O)CC(C)(C)O)C[C@@H]1c1nc(C2CC2)no1. The normalized spacial score (nSPS) is 23.8. The van der Waals surface area contributed by atoms with Crippen molar-refractivity contribution in [2.45, 2.75) is 50.7 Å². The van der Waals surface area contributed by atoms with Gasteiger partial charge in [0.15, 0.2) is 5.82 Å². The zero-order valence-electron chi connectivity index (χ0n) is 13.4. The van der Waals surface area contributed by atoms with Crippen LogP contribution in [0.2, 0.25) is 0 Å². The zero-order valence-corrected chi connectivity index (χ0v) is 13.4. The van der Waals surface area contributed by atoms with Crippen molar-refractivity contribution in [2.75, 3.05) is 26.7 Å². The molecular formula is C15H24N4O3. The van der Waals surface area contributed by atoms with E-state index in [-0.39, 0.29) is 18.4 Å². The molecule has 1 saturated carbocycles. The Balaban J connectivity index is 1.68. The van der Waals surface area contributed by atoms with Crippen LogP contribution in [0.5, 0.6) is 0 Å². The van der Waals surface area contributed by atoms with Crippen LogP contribution < -0.4 is 0 Å². The average molecular weight is 308 g/mol. The molecule has 2 fully saturated rings. The van der Waals surface area contributed by atoms with E-state index in [2.05, 4.69) is 15.0 Å². The maximum Gasteiger partial charge on any atom is 0.245 e. The second-order valence-corrected chi connectivity index (χ2v) is 7.09. The Morgan fingerprint density at radius 1 is 1.41 bits per heavy atom. The monoisotopic (exact) mass is 308 g/mol. The molecule has 1 aliphatic heterocycles. The molecule has 2 heterocycles. The van der Waals surface area contributed by atoms with Crippen LogP contribution in [-0.2, 0) is 4.79 Å². The maximum absolute atomic E-state index is 12.3. The number of carbonyl (C=O) groups excluding carboxylic acids is 1. The Morgan fingerprint density at radius 2 is 2.14 bits per heavy atom. The summed E-state index contributed by atoms with van der Waals surface area (Å²) in [6, 6.07) is -0.0699. The number of hydrogen-bond acceptors (Lipinski definition) is 6. The van der Waals surface area contributed by atoms with Gasteiger partial charge in [0.1, 0.15) is 6.04 Å². The zero-order chi connectivity index (χ0) is 15.9. The molecule has 1 aromatic rings. The number of piperazine rings is 1. The second-order valence-electron chi connectivity index (χ2n) is 7.09. The van der Waals surface area contributed by atoms with Gasteiger partial charge in [-0.3, -0.25) is 9.69 Å². The summed E-state index contributed by atoms with van der Waals surface area (Å²) < 4.78 is 5.41. The van der Waals surface area contributed by atoms with Gasteiger partial charge in [0, 0.05) is 25.6 Å². The summed E-state index contributed by atoms with van der Waals surface area (Å²) in [5.74, 6) is 1.81. The van der Waals surface area contributed by atoms with Crippen LogP contribution in [0.1, 0.15) is 56.8 Å². The summed E-state index contributed by atoms with van der Waals surface area (Å²) in [6.07, 6.45) is 2.39. The maximum atomic E-state index is 12.3. The molecule has 0 aromatic carbocycles. The number of aromatic nitrogens is 2. The Morgan fingerprint density at radius 3 is 2.77 bits per heavy atom. The molecule has 0 bridgehead atoms. The fraction of sp³-hybridized carbons (Fsp3) is 0.800. The highest BCUT2D eigenvalue weighted by molar-refractivity contribution is 5.77. The van der Waals surface area contributed by atoms with E-state index in [4.69, 9.17) is 4.52 Å². The Kier molecular flexibility index (Phi) is 3.94. The molecule has 122 valence electrons. The van der Waals surface area contributed by atoms with E-state index in [0.29, 0.717) is 24.9 Å². The minimum atomic E-state index is -0.987. The number of hydrogen-bond donors (Lipinski definition) is 1. The first-order valence-corrected chi connectivity index (χ1v) is 7.87. The highest BCUT2D eigenvalue weighted by atomic mass is 16.5. The van der Waals surface area contributed by atoms with E-state index < -0.39 is 5.60 Å². The largest absolute Gasteiger partial charge is 0.390 e. The average Bonchev–Trinajstić information content (AvgIpc) is 3.16. The molecule has 0 unspecified atom stereocenters. The highest BCUT2D eigenvalue weighted by Crippen LogP contribution is 2.38. The lowest BCUT2D eigenvalue weighted by molar-refractivity contribution is -0.138. The summed E-state index contributed by atoms with van der Waals surface area (Å²) in [5, 5.41) is 13.9. The van der Waals surface area contributed by atoms with E-state index >= 15 is 0 Å². The Bertz CT molecular complexity index is 547. The first kappa shape index (κ1) is 15.4. The first-order chi connectivity index (χ1) is 10.3. The third-order valence-corrected chi connectivity index (χ3v) is 4.27. The smallest absolute Gasteiger partial charge is 0.245 e. The molecule has 1 N–H and O–H groups in total. The van der Waals surface area contributed by atoms with Crippen molar-refractivity contribution in [3.8, 4) is 0 Å². The third-order valence-electron chi connectivity index (χ3n) is 4.27. The molecule has 0 spiro atoms. The highest BCUT2D eigenvalue weighted by Gasteiger charge is 2.35. The van der Waals surface area contributed by atoms with Crippen molar-refractivity contribution in [3.05, 3.63) is 11.7 Å². The van der Waals surface area contributed by atoms with Crippen LogP contribution in [0.4, 0.5) is 0 Å². The molecule has 1 amide bonds. The van der Waals surface area contributed by atoms with Gasteiger partial charge >= 0.3 is 0 Å². The van der Waals surface area contributed by atoms with Gasteiger partial charge in [-0.25, -0.2) is 0 Å². The lowest BCUT2D eigenvalue weighted by Crippen LogP contribution is -2.50. The van der Waals surface area contributed by atoms with Gasteiger partial charge in [-0.2, -0.15) is 4.98 Å². The minimum absolute atomic E-state index is 0.0347. The predicted octanol–water partition coefficient (Wildman–Crippen LogP) is 0.923. The van der Waals surface area contributed by atoms with Crippen molar-refractivity contribution < 1.29 is 14.4 Å². The van der Waals surface area contributed by atoms with Gasteiger partial charge < -0.3 is 14.5 Å². The van der Waals surface area contributed by atoms with E-state index in [1.54, 1.807) is 18.7 Å². The van der Waals surface area contributed by atoms with Gasteiger partial charge in [-0.1, -0.05) is 5.16 Å². The van der Waals surface area contributed by atoms with Crippen LogP contribution in [0.3, 0.4) is 0 Å². The molecule has 3 rings (SSSR count). The van der Waals surface area contributed by atoms with E-state index in [0.717, 1.165) is 25.2 Å². The summed E-state index contributed by atoms with van der Waals surface area (Å²) in [5.41, 5.74) is -0.987. The van der Waals surface area contributed by atoms with Gasteiger partial charge in [0.05, 0.1) is 12.0 Å². The van der Waals surface area contributed by atoms with Crippen LogP contribution in [0, 0.1) is 0 Å². The molecule has 22 heavy (non-hydrogen) atoms. The summed E-state index contributed by atoms with van der Waals surface area (Å²) in [4.78, 5) is 20.7. The summed E-state index contributed by atoms with van der Waals surface area (Å²) in [7, 11) is 2.00. The van der Waals surface area contributed by atoms with Crippen molar-refractivity contribution in [1.82, 2.24) is 19.9 Å². The molecule has 0 radical (unpaired) electrons. The van der Waals surface area contributed by atoms with Crippen LogP contribution in [0.15, 0.2) is 4.52 Å². The van der Waals surface area contributed by atoms with Gasteiger partial charge in [0.2, 0.25) is 11.8 Å². The summed E-state index contributed by atoms with van der Waals surface area (Å²) >= 11 is 0. The van der Waals surface area contributed by atoms with Crippen molar-refractivity contribution in [2.24, 2.45) is 0 Å². The standard InChI is InChI=1S/C15H24N4O3/c1-15(2,21)8-12(20)19-7-6-18(3)11(9-19)14-16-13(17-22-14)10-4-5-10/h10-11,21H,4-9H2,1-3H3/t11-/m1/s1. The fourth-order valence-corrected chi connectivity index (χ4v) is 2.74. The van der Waals surface area contributed by atoms with E-state index in [1.165, 1.54) is 0 Å². The molecule has 7 nitrogen and oxygen atoms in total. The van der Waals surface area contributed by atoms with Gasteiger partial charge in [-0.05, 0) is 33.7 Å². The molecular weight excluding hydrogens is 284 g/mol. The van der Waals surface area contributed by atoms with Gasteiger partial charge in [0.25, 0.3) is 0 Å². The molecule has 1 aliphatic carbocycles. The van der Waals surface area contributed by atoms with Crippen molar-refractivity contribution in [1.29, 1.82) is 0 Å². The number of likely N-dealkylation sites (N-methyl/N-ethyl adjacent to an activating group) is 1. The molecule has 1 atom stereocenters. The first-order valence-electron chi connectivity index (χ1n) is 7.87. The van der Waals surface area contributed by atoms with Crippen molar-refractivity contribution >= 4 is 5.91 Å². The lowest BCUT2D eigenvalue weighted by Gasteiger charge is -2.38. The van der Waals surface area contributed by atoms with E-state index in [9.17, 15) is 9.90 Å². The quantitative estimate of drug-likeness (QED) is 0.891. The second kappa shape index (κ2) is 5.62. The number of rotatable bonds is 4. The number of amides is 1.